The number of carbonyl (C=O) groups excluding carboxylic acids is 1. The van der Waals surface area contributed by atoms with Gasteiger partial charge < -0.3 is 9.64 Å². The van der Waals surface area contributed by atoms with Gasteiger partial charge in [0.15, 0.2) is 0 Å². The highest BCUT2D eigenvalue weighted by molar-refractivity contribution is 5.78. The zero-order chi connectivity index (χ0) is 21.4. The van der Waals surface area contributed by atoms with Crippen molar-refractivity contribution in [2.45, 2.75) is 64.2 Å². The van der Waals surface area contributed by atoms with E-state index in [2.05, 4.69) is 47.2 Å². The Bertz CT molecular complexity index is 926. The number of amides is 1. The van der Waals surface area contributed by atoms with E-state index < -0.39 is 0 Å². The first-order chi connectivity index (χ1) is 15.1. The fraction of sp³-hybridized carbons (Fsp3) is 0.600. The van der Waals surface area contributed by atoms with Crippen molar-refractivity contribution in [2.75, 3.05) is 20.2 Å². The number of ether oxygens (including phenoxy) is 1. The van der Waals surface area contributed by atoms with E-state index in [4.69, 9.17) is 9.84 Å². The number of rotatable bonds is 6. The number of hydrogen-bond donors (Lipinski definition) is 0. The van der Waals surface area contributed by atoms with E-state index in [1.165, 1.54) is 12.0 Å². The van der Waals surface area contributed by atoms with Gasteiger partial charge in [-0.2, -0.15) is 5.10 Å². The van der Waals surface area contributed by atoms with Gasteiger partial charge in [-0.3, -0.25) is 14.4 Å². The number of likely N-dealkylation sites (tertiary alicyclic amines) is 1. The molecule has 0 spiro atoms. The largest absolute Gasteiger partial charge is 0.497 e. The van der Waals surface area contributed by atoms with Crippen molar-refractivity contribution in [2.24, 2.45) is 11.8 Å². The lowest BCUT2D eigenvalue weighted by Gasteiger charge is -2.56. The number of methoxy groups -OCH3 is 1. The number of piperidine rings is 3. The average Bonchev–Trinajstić information content (AvgIpc) is 3.24. The molecule has 0 saturated carbocycles. The van der Waals surface area contributed by atoms with Crippen LogP contribution in [0.4, 0.5) is 0 Å². The summed E-state index contributed by atoms with van der Waals surface area (Å²) in [5.41, 5.74) is 2.42. The molecule has 2 aromatic rings. The summed E-state index contributed by atoms with van der Waals surface area (Å²) < 4.78 is 7.46. The first-order valence-corrected chi connectivity index (χ1v) is 11.8. The van der Waals surface area contributed by atoms with Gasteiger partial charge in [-0.25, -0.2) is 0 Å². The van der Waals surface area contributed by atoms with Crippen LogP contribution in [0.2, 0.25) is 0 Å². The standard InChI is InChI=1S/C25H34N4O2/c1-3-28-11-10-21(26-28)17-27-15-19-14-20(16-27)24(29-23(19)8-5-9-25(29)30)13-18-6-4-7-22(12-18)31-2/h4,6-7,10-12,19-20,23-24H,3,5,8-9,13-17H2,1-2H3/t19-,20+,23+,24+/m1/s1. The molecule has 0 unspecified atom stereocenters. The van der Waals surface area contributed by atoms with Gasteiger partial charge >= 0.3 is 0 Å². The summed E-state index contributed by atoms with van der Waals surface area (Å²) in [5.74, 6) is 2.35. The number of fused-ring (bicyclic) bond motifs is 4. The van der Waals surface area contributed by atoms with Crippen LogP contribution >= 0.6 is 0 Å². The van der Waals surface area contributed by atoms with Gasteiger partial charge in [0.1, 0.15) is 5.75 Å². The molecular formula is C25H34N4O2. The fourth-order valence-electron chi connectivity index (χ4n) is 6.20. The minimum atomic E-state index is 0.275. The van der Waals surface area contributed by atoms with Gasteiger partial charge in [0.25, 0.3) is 0 Å². The Balaban J connectivity index is 1.39. The third-order valence-electron chi connectivity index (χ3n) is 7.56. The first-order valence-electron chi connectivity index (χ1n) is 11.8. The topological polar surface area (TPSA) is 50.6 Å². The zero-order valence-electron chi connectivity index (χ0n) is 18.7. The molecule has 3 aliphatic rings. The molecule has 1 aromatic carbocycles. The molecule has 4 heterocycles. The molecule has 1 aromatic heterocycles. The second-order valence-electron chi connectivity index (χ2n) is 9.50. The van der Waals surface area contributed by atoms with Crippen molar-refractivity contribution in [1.29, 1.82) is 0 Å². The molecule has 0 aliphatic carbocycles. The van der Waals surface area contributed by atoms with Crippen LogP contribution < -0.4 is 4.74 Å². The molecular weight excluding hydrogens is 388 g/mol. The maximum Gasteiger partial charge on any atom is 0.223 e. The average molecular weight is 423 g/mol. The van der Waals surface area contributed by atoms with Gasteiger partial charge in [-0.15, -0.1) is 0 Å². The van der Waals surface area contributed by atoms with Crippen molar-refractivity contribution in [1.82, 2.24) is 19.6 Å². The van der Waals surface area contributed by atoms with Crippen LogP contribution in [0.15, 0.2) is 36.5 Å². The molecule has 6 heteroatoms. The number of nitrogens with zero attached hydrogens (tertiary/aromatic N) is 4. The minimum Gasteiger partial charge on any atom is -0.497 e. The zero-order valence-corrected chi connectivity index (χ0v) is 18.7. The van der Waals surface area contributed by atoms with E-state index >= 15 is 0 Å². The molecule has 31 heavy (non-hydrogen) atoms. The maximum atomic E-state index is 13.1. The lowest BCUT2D eigenvalue weighted by Crippen LogP contribution is -2.65. The Hall–Kier alpha value is -2.34. The molecule has 2 bridgehead atoms. The summed E-state index contributed by atoms with van der Waals surface area (Å²) in [6.07, 6.45) is 7.12. The van der Waals surface area contributed by atoms with Gasteiger partial charge in [-0.1, -0.05) is 12.1 Å². The van der Waals surface area contributed by atoms with Crippen LogP contribution in [0.1, 0.15) is 43.9 Å². The van der Waals surface area contributed by atoms with Crippen LogP contribution in [-0.4, -0.2) is 57.8 Å². The Kier molecular flexibility index (Phi) is 5.74. The van der Waals surface area contributed by atoms with Gasteiger partial charge in [0, 0.05) is 50.9 Å². The van der Waals surface area contributed by atoms with Crippen LogP contribution in [0.25, 0.3) is 0 Å². The van der Waals surface area contributed by atoms with E-state index in [1.807, 2.05) is 10.7 Å². The first kappa shape index (κ1) is 20.6. The summed E-state index contributed by atoms with van der Waals surface area (Å²) >= 11 is 0. The van der Waals surface area contributed by atoms with Crippen molar-refractivity contribution < 1.29 is 9.53 Å². The summed E-state index contributed by atoms with van der Waals surface area (Å²) in [6, 6.07) is 11.2. The summed E-state index contributed by atoms with van der Waals surface area (Å²) in [5, 5.41) is 4.71. The van der Waals surface area contributed by atoms with Crippen molar-refractivity contribution in [3.63, 3.8) is 0 Å². The van der Waals surface area contributed by atoms with E-state index in [1.54, 1.807) is 7.11 Å². The van der Waals surface area contributed by atoms with Crippen molar-refractivity contribution in [3.05, 3.63) is 47.8 Å². The minimum absolute atomic E-state index is 0.275. The Morgan fingerprint density at radius 3 is 2.87 bits per heavy atom. The highest BCUT2D eigenvalue weighted by atomic mass is 16.5. The Morgan fingerprint density at radius 1 is 1.19 bits per heavy atom. The Morgan fingerprint density at radius 2 is 2.06 bits per heavy atom. The monoisotopic (exact) mass is 422 g/mol. The molecule has 3 aliphatic heterocycles. The van der Waals surface area contributed by atoms with Gasteiger partial charge in [0.2, 0.25) is 5.91 Å². The molecule has 5 rings (SSSR count). The summed E-state index contributed by atoms with van der Waals surface area (Å²) in [6.45, 7) is 6.07. The van der Waals surface area contributed by atoms with Crippen LogP contribution in [0, 0.1) is 11.8 Å². The third kappa shape index (κ3) is 4.10. The van der Waals surface area contributed by atoms with E-state index in [0.29, 0.717) is 30.2 Å². The number of aryl methyl sites for hydroxylation is 1. The maximum absolute atomic E-state index is 13.1. The van der Waals surface area contributed by atoms with Gasteiger partial charge in [0.05, 0.1) is 12.8 Å². The normalized spacial score (nSPS) is 28.5. The molecule has 3 fully saturated rings. The van der Waals surface area contributed by atoms with Crippen molar-refractivity contribution in [3.8, 4) is 5.75 Å². The Labute approximate surface area is 185 Å². The second kappa shape index (κ2) is 8.65. The molecule has 6 nitrogen and oxygen atoms in total. The van der Waals surface area contributed by atoms with Crippen LogP contribution in [0.3, 0.4) is 0 Å². The van der Waals surface area contributed by atoms with E-state index in [9.17, 15) is 4.79 Å². The number of benzene rings is 1. The number of hydrogen-bond acceptors (Lipinski definition) is 4. The van der Waals surface area contributed by atoms with Crippen molar-refractivity contribution >= 4 is 5.91 Å². The molecule has 166 valence electrons. The van der Waals surface area contributed by atoms with Crippen LogP contribution in [0.5, 0.6) is 5.75 Å². The predicted molar refractivity (Wildman–Crippen MR) is 120 cm³/mol. The third-order valence-corrected chi connectivity index (χ3v) is 7.56. The van der Waals surface area contributed by atoms with Gasteiger partial charge in [-0.05, 0) is 68.2 Å². The summed E-state index contributed by atoms with van der Waals surface area (Å²) in [7, 11) is 1.72. The molecule has 1 amide bonds. The van der Waals surface area contributed by atoms with E-state index in [0.717, 1.165) is 56.9 Å². The number of carbonyl (C=O) groups is 1. The van der Waals surface area contributed by atoms with Crippen LogP contribution in [-0.2, 0) is 24.3 Å². The molecule has 3 saturated heterocycles. The second-order valence-corrected chi connectivity index (χ2v) is 9.50. The summed E-state index contributed by atoms with van der Waals surface area (Å²) in [4.78, 5) is 18.0. The molecule has 0 N–H and O–H groups in total. The fourth-order valence-corrected chi connectivity index (χ4v) is 6.20. The SMILES string of the molecule is CCn1ccc(CN2C[C@H]3C[C@@H](C2)[C@H](Cc2cccc(OC)c2)N2C(=O)CCC[C@@H]32)n1. The van der Waals surface area contributed by atoms with E-state index in [-0.39, 0.29) is 6.04 Å². The molecule has 4 atom stereocenters. The number of aromatic nitrogens is 2. The predicted octanol–water partition coefficient (Wildman–Crippen LogP) is 3.36. The lowest BCUT2D eigenvalue weighted by atomic mass is 9.70. The highest BCUT2D eigenvalue weighted by Crippen LogP contribution is 2.43. The quantitative estimate of drug-likeness (QED) is 0.716. The molecule has 0 radical (unpaired) electrons. The highest BCUT2D eigenvalue weighted by Gasteiger charge is 2.49. The lowest BCUT2D eigenvalue weighted by molar-refractivity contribution is -0.152. The smallest absolute Gasteiger partial charge is 0.223 e.